The molecule has 0 aliphatic rings. The van der Waals surface area contributed by atoms with Crippen molar-refractivity contribution in [1.29, 1.82) is 0 Å². The molecule has 0 atom stereocenters. The van der Waals surface area contributed by atoms with Gasteiger partial charge in [0, 0.05) is 31.0 Å². The fourth-order valence-corrected chi connectivity index (χ4v) is 2.61. The van der Waals surface area contributed by atoms with Crippen LogP contribution in [0.25, 0.3) is 0 Å². The Labute approximate surface area is 164 Å². The number of rotatable bonds is 6. The number of amides is 1. The number of anilines is 2. The molecule has 0 fully saturated rings. The monoisotopic (exact) mass is 371 g/mol. The van der Waals surface area contributed by atoms with Crippen molar-refractivity contribution in [2.45, 2.75) is 0 Å². The summed E-state index contributed by atoms with van der Waals surface area (Å²) in [6.45, 7) is 0. The number of hydrogen-bond donors (Lipinski definition) is 1. The van der Waals surface area contributed by atoms with Crippen molar-refractivity contribution >= 4 is 34.5 Å². The number of nitrogens with one attached hydrogen (secondary N) is 1. The summed E-state index contributed by atoms with van der Waals surface area (Å²) in [5.41, 5.74) is 2.31. The molecule has 28 heavy (non-hydrogen) atoms. The summed E-state index contributed by atoms with van der Waals surface area (Å²) < 4.78 is 0. The second-order valence-electron chi connectivity index (χ2n) is 6.39. The van der Waals surface area contributed by atoms with Gasteiger partial charge in [-0.15, -0.1) is 0 Å². The zero-order valence-corrected chi connectivity index (χ0v) is 15.8. The summed E-state index contributed by atoms with van der Waals surface area (Å²) in [5.74, 6) is -0.973. The van der Waals surface area contributed by atoms with Gasteiger partial charge in [0.1, 0.15) is 0 Å². The second-order valence-corrected chi connectivity index (χ2v) is 6.39. The molecule has 0 spiro atoms. The molecule has 0 radical (unpaired) electrons. The molecule has 3 aromatic rings. The minimum atomic E-state index is -0.546. The predicted octanol–water partition coefficient (Wildman–Crippen LogP) is 4.35. The van der Waals surface area contributed by atoms with Gasteiger partial charge in [-0.1, -0.05) is 54.6 Å². The van der Waals surface area contributed by atoms with E-state index >= 15 is 0 Å². The Hall–Kier alpha value is -3.73. The van der Waals surface area contributed by atoms with Gasteiger partial charge in [0.2, 0.25) is 5.78 Å². The van der Waals surface area contributed by atoms with Gasteiger partial charge in [0.05, 0.1) is 5.69 Å². The number of para-hydroxylation sites is 1. The topological polar surface area (TPSA) is 61.8 Å². The van der Waals surface area contributed by atoms with E-state index in [1.165, 1.54) is 0 Å². The quantitative estimate of drug-likeness (QED) is 0.398. The van der Waals surface area contributed by atoms with Crippen LogP contribution in [-0.4, -0.2) is 31.5 Å². The first-order valence-corrected chi connectivity index (χ1v) is 8.87. The summed E-state index contributed by atoms with van der Waals surface area (Å²) in [7, 11) is 3.84. The third kappa shape index (κ3) is 4.71. The van der Waals surface area contributed by atoms with Gasteiger partial charge in [-0.05, 0) is 30.3 Å². The number of Topliss-reactive ketones (excluding diaryl/α,β-unsaturated/α-hetero) is 1. The van der Waals surface area contributed by atoms with Crippen LogP contribution in [0.2, 0.25) is 0 Å². The Morgan fingerprint density at radius 2 is 1.46 bits per heavy atom. The van der Waals surface area contributed by atoms with E-state index in [9.17, 15) is 9.59 Å². The molecule has 0 unspecified atom stereocenters. The van der Waals surface area contributed by atoms with E-state index in [0.717, 1.165) is 5.69 Å². The minimum Gasteiger partial charge on any atom is -0.378 e. The Morgan fingerprint density at radius 3 is 2.11 bits per heavy atom. The van der Waals surface area contributed by atoms with Crippen LogP contribution < -0.4 is 10.2 Å². The van der Waals surface area contributed by atoms with Gasteiger partial charge < -0.3 is 10.2 Å². The molecule has 0 heterocycles. The van der Waals surface area contributed by atoms with Gasteiger partial charge in [-0.25, -0.2) is 4.99 Å². The highest BCUT2D eigenvalue weighted by Crippen LogP contribution is 2.21. The third-order valence-corrected chi connectivity index (χ3v) is 4.08. The largest absolute Gasteiger partial charge is 0.378 e. The van der Waals surface area contributed by atoms with Crippen LogP contribution >= 0.6 is 0 Å². The SMILES string of the molecule is CN(C)c1cccc(N=C(C(=O)Nc2ccccc2)C(=O)c2ccccc2)c1. The van der Waals surface area contributed by atoms with Crippen molar-refractivity contribution in [3.05, 3.63) is 90.5 Å². The molecular formula is C23H21N3O2. The van der Waals surface area contributed by atoms with E-state index in [4.69, 9.17) is 0 Å². The molecule has 0 saturated heterocycles. The zero-order chi connectivity index (χ0) is 19.9. The first-order chi connectivity index (χ1) is 13.5. The summed E-state index contributed by atoms with van der Waals surface area (Å²) in [5, 5.41) is 2.75. The van der Waals surface area contributed by atoms with Gasteiger partial charge in [-0.2, -0.15) is 0 Å². The normalized spacial score (nSPS) is 11.0. The first-order valence-electron chi connectivity index (χ1n) is 8.87. The first kappa shape index (κ1) is 19.0. The average Bonchev–Trinajstić information content (AvgIpc) is 2.73. The Morgan fingerprint density at radius 1 is 0.821 bits per heavy atom. The molecule has 3 aromatic carbocycles. The van der Waals surface area contributed by atoms with Crippen molar-refractivity contribution in [1.82, 2.24) is 0 Å². The maximum atomic E-state index is 13.0. The van der Waals surface area contributed by atoms with Crippen LogP contribution in [0.4, 0.5) is 17.1 Å². The summed E-state index contributed by atoms with van der Waals surface area (Å²) in [6.07, 6.45) is 0. The fraction of sp³-hybridized carbons (Fsp3) is 0.0870. The lowest BCUT2D eigenvalue weighted by Crippen LogP contribution is -2.30. The molecule has 5 nitrogen and oxygen atoms in total. The number of carbonyl (C=O) groups excluding carboxylic acids is 2. The van der Waals surface area contributed by atoms with Gasteiger partial charge in [-0.3, -0.25) is 9.59 Å². The lowest BCUT2D eigenvalue weighted by molar-refractivity contribution is -0.110. The van der Waals surface area contributed by atoms with Crippen molar-refractivity contribution < 1.29 is 9.59 Å². The molecule has 1 N–H and O–H groups in total. The summed E-state index contributed by atoms with van der Waals surface area (Å²) >= 11 is 0. The number of nitrogens with zero attached hydrogens (tertiary/aromatic N) is 2. The van der Waals surface area contributed by atoms with Crippen LogP contribution in [0.1, 0.15) is 10.4 Å². The highest BCUT2D eigenvalue weighted by atomic mass is 16.2. The van der Waals surface area contributed by atoms with Crippen molar-refractivity contribution in [2.75, 3.05) is 24.3 Å². The molecule has 0 aliphatic carbocycles. The number of aliphatic imine (C=N–C) groups is 1. The van der Waals surface area contributed by atoms with Crippen molar-refractivity contribution in [3.63, 3.8) is 0 Å². The zero-order valence-electron chi connectivity index (χ0n) is 15.8. The molecule has 1 amide bonds. The Kier molecular flexibility index (Phi) is 5.97. The maximum absolute atomic E-state index is 13.0. The molecule has 0 bridgehead atoms. The van der Waals surface area contributed by atoms with E-state index in [2.05, 4.69) is 10.3 Å². The molecular weight excluding hydrogens is 350 g/mol. The highest BCUT2D eigenvalue weighted by molar-refractivity contribution is 6.70. The summed E-state index contributed by atoms with van der Waals surface area (Å²) in [4.78, 5) is 32.2. The number of hydrogen-bond acceptors (Lipinski definition) is 4. The van der Waals surface area contributed by atoms with Gasteiger partial charge >= 0.3 is 0 Å². The van der Waals surface area contributed by atoms with E-state index < -0.39 is 11.7 Å². The van der Waals surface area contributed by atoms with Crippen molar-refractivity contribution in [3.8, 4) is 0 Å². The molecule has 5 heteroatoms. The molecule has 3 rings (SSSR count). The van der Waals surface area contributed by atoms with Crippen LogP contribution in [0.15, 0.2) is 89.9 Å². The van der Waals surface area contributed by atoms with Gasteiger partial charge in [0.15, 0.2) is 5.71 Å². The average molecular weight is 371 g/mol. The fourth-order valence-electron chi connectivity index (χ4n) is 2.61. The Bertz CT molecular complexity index is 997. The maximum Gasteiger partial charge on any atom is 0.278 e. The van der Waals surface area contributed by atoms with Crippen LogP contribution in [0.3, 0.4) is 0 Å². The predicted molar refractivity (Wildman–Crippen MR) is 114 cm³/mol. The van der Waals surface area contributed by atoms with E-state index in [1.54, 1.807) is 42.5 Å². The molecule has 140 valence electrons. The minimum absolute atomic E-state index is 0.161. The van der Waals surface area contributed by atoms with Crippen LogP contribution in [0.5, 0.6) is 0 Å². The van der Waals surface area contributed by atoms with E-state index in [1.807, 2.05) is 61.5 Å². The molecule has 0 aliphatic heterocycles. The third-order valence-electron chi connectivity index (χ3n) is 4.08. The molecule has 0 aromatic heterocycles. The number of benzene rings is 3. The smallest absolute Gasteiger partial charge is 0.278 e. The lowest BCUT2D eigenvalue weighted by atomic mass is 10.1. The second kappa shape index (κ2) is 8.77. The Balaban J connectivity index is 2.00. The highest BCUT2D eigenvalue weighted by Gasteiger charge is 2.22. The van der Waals surface area contributed by atoms with Crippen LogP contribution in [-0.2, 0) is 4.79 Å². The molecule has 0 saturated carbocycles. The number of carbonyl (C=O) groups is 2. The standard InChI is InChI=1S/C23H21N3O2/c1-26(2)20-15-9-14-19(16-20)24-21(22(27)17-10-5-3-6-11-17)23(28)25-18-12-7-4-8-13-18/h3-16H,1-2H3,(H,25,28). The van der Waals surface area contributed by atoms with Crippen LogP contribution in [0, 0.1) is 0 Å². The van der Waals surface area contributed by atoms with Crippen molar-refractivity contribution in [2.24, 2.45) is 4.99 Å². The van der Waals surface area contributed by atoms with Gasteiger partial charge in [0.25, 0.3) is 5.91 Å². The number of ketones is 1. The lowest BCUT2D eigenvalue weighted by Gasteiger charge is -2.13. The van der Waals surface area contributed by atoms with E-state index in [-0.39, 0.29) is 5.71 Å². The summed E-state index contributed by atoms with van der Waals surface area (Å²) in [6, 6.07) is 25.0. The van der Waals surface area contributed by atoms with E-state index in [0.29, 0.717) is 16.9 Å².